The predicted octanol–water partition coefficient (Wildman–Crippen LogP) is 5.84. The molecule has 1 heterocycles. The summed E-state index contributed by atoms with van der Waals surface area (Å²) >= 11 is 0. The average Bonchev–Trinajstić information content (AvgIpc) is 2.83. The van der Waals surface area contributed by atoms with E-state index in [0.717, 1.165) is 23.1 Å². The first-order chi connectivity index (χ1) is 16.3. The molecule has 174 valence electrons. The summed E-state index contributed by atoms with van der Waals surface area (Å²) in [7, 11) is 0. The lowest BCUT2D eigenvalue weighted by Gasteiger charge is -2.25. The van der Waals surface area contributed by atoms with Crippen LogP contribution in [0.2, 0.25) is 0 Å². The number of carboxylic acids is 1. The Morgan fingerprint density at radius 2 is 1.53 bits per heavy atom. The van der Waals surface area contributed by atoms with E-state index in [0.29, 0.717) is 29.9 Å². The maximum Gasteiger partial charge on any atom is 0.416 e. The molecule has 34 heavy (non-hydrogen) atoms. The number of para-hydroxylation sites is 1. The molecular formula is C26H22F3N3O2. The van der Waals surface area contributed by atoms with Gasteiger partial charge in [0, 0.05) is 24.0 Å². The Morgan fingerprint density at radius 3 is 2.21 bits per heavy atom. The minimum absolute atomic E-state index is 0.0806. The van der Waals surface area contributed by atoms with Crippen LogP contribution in [0.4, 0.5) is 19.0 Å². The van der Waals surface area contributed by atoms with Gasteiger partial charge in [0.25, 0.3) is 0 Å². The molecule has 3 aromatic carbocycles. The molecule has 0 aliphatic rings. The zero-order valence-corrected chi connectivity index (χ0v) is 18.2. The lowest BCUT2D eigenvalue weighted by atomic mass is 10.1. The Hall–Kier alpha value is -3.94. The van der Waals surface area contributed by atoms with E-state index in [1.807, 2.05) is 53.4 Å². The van der Waals surface area contributed by atoms with Crippen LogP contribution in [-0.2, 0) is 17.4 Å². The van der Waals surface area contributed by atoms with Crippen molar-refractivity contribution in [2.24, 2.45) is 0 Å². The van der Waals surface area contributed by atoms with Crippen LogP contribution >= 0.6 is 0 Å². The summed E-state index contributed by atoms with van der Waals surface area (Å²) in [6.07, 6.45) is -3.84. The fraction of sp³-hybridized carbons (Fsp3) is 0.192. The fourth-order valence-corrected chi connectivity index (χ4v) is 3.70. The summed E-state index contributed by atoms with van der Waals surface area (Å²) in [5, 5.41) is 10.0. The molecule has 0 radical (unpaired) electrons. The topological polar surface area (TPSA) is 66.3 Å². The highest BCUT2D eigenvalue weighted by Crippen LogP contribution is 2.32. The van der Waals surface area contributed by atoms with E-state index in [1.54, 1.807) is 6.07 Å². The smallest absolute Gasteiger partial charge is 0.416 e. The number of rotatable bonds is 8. The normalized spacial score (nSPS) is 11.5. The number of benzene rings is 3. The lowest BCUT2D eigenvalue weighted by molar-refractivity contribution is -0.138. The molecular weight excluding hydrogens is 443 g/mol. The van der Waals surface area contributed by atoms with E-state index >= 15 is 0 Å². The Balaban J connectivity index is 1.75. The molecule has 0 atom stereocenters. The van der Waals surface area contributed by atoms with Crippen LogP contribution in [0.3, 0.4) is 0 Å². The molecule has 4 aromatic rings. The third-order valence-corrected chi connectivity index (χ3v) is 5.46. The SMILES string of the molecule is O=C(O)CCN(CCc1ccccc1)c1nc(-c2ccc(C(F)(F)F)cc2)nc2ccccc12. The van der Waals surface area contributed by atoms with Crippen molar-refractivity contribution in [2.75, 3.05) is 18.0 Å². The number of anilines is 1. The number of aliphatic carboxylic acids is 1. The molecule has 1 N–H and O–H groups in total. The number of nitrogens with zero attached hydrogens (tertiary/aromatic N) is 3. The molecule has 4 rings (SSSR count). The van der Waals surface area contributed by atoms with E-state index in [9.17, 15) is 23.1 Å². The van der Waals surface area contributed by atoms with Crippen molar-refractivity contribution < 1.29 is 23.1 Å². The monoisotopic (exact) mass is 465 g/mol. The second kappa shape index (κ2) is 9.91. The number of alkyl halides is 3. The highest BCUT2D eigenvalue weighted by atomic mass is 19.4. The van der Waals surface area contributed by atoms with Crippen molar-refractivity contribution in [3.05, 3.63) is 90.0 Å². The van der Waals surface area contributed by atoms with Crippen molar-refractivity contribution in [2.45, 2.75) is 19.0 Å². The van der Waals surface area contributed by atoms with E-state index in [-0.39, 0.29) is 18.8 Å². The van der Waals surface area contributed by atoms with Gasteiger partial charge in [-0.3, -0.25) is 4.79 Å². The van der Waals surface area contributed by atoms with Crippen LogP contribution < -0.4 is 4.90 Å². The van der Waals surface area contributed by atoms with E-state index in [1.165, 1.54) is 12.1 Å². The molecule has 0 saturated carbocycles. The molecule has 5 nitrogen and oxygen atoms in total. The minimum Gasteiger partial charge on any atom is -0.481 e. The Labute approximate surface area is 194 Å². The molecule has 0 fully saturated rings. The average molecular weight is 465 g/mol. The highest BCUT2D eigenvalue weighted by molar-refractivity contribution is 5.91. The number of hydrogen-bond donors (Lipinski definition) is 1. The van der Waals surface area contributed by atoms with E-state index in [2.05, 4.69) is 4.98 Å². The number of halogens is 3. The zero-order chi connectivity index (χ0) is 24.1. The van der Waals surface area contributed by atoms with Crippen LogP contribution in [0, 0.1) is 0 Å². The summed E-state index contributed by atoms with van der Waals surface area (Å²) < 4.78 is 39.0. The van der Waals surface area contributed by atoms with Crippen molar-refractivity contribution in [1.29, 1.82) is 0 Å². The van der Waals surface area contributed by atoms with Gasteiger partial charge in [-0.1, -0.05) is 54.6 Å². The van der Waals surface area contributed by atoms with Gasteiger partial charge in [0.05, 0.1) is 17.5 Å². The van der Waals surface area contributed by atoms with Crippen molar-refractivity contribution >= 4 is 22.7 Å². The van der Waals surface area contributed by atoms with Crippen molar-refractivity contribution in [1.82, 2.24) is 9.97 Å². The summed E-state index contributed by atoms with van der Waals surface area (Å²) in [5.74, 6) is -0.0915. The van der Waals surface area contributed by atoms with Gasteiger partial charge >= 0.3 is 12.1 Å². The second-order valence-electron chi connectivity index (χ2n) is 7.83. The number of carboxylic acid groups (broad SMARTS) is 1. The first-order valence-electron chi connectivity index (χ1n) is 10.8. The standard InChI is InChI=1S/C26H22F3N3O2/c27-26(28,29)20-12-10-19(11-13-20)24-30-22-9-5-4-8-21(22)25(31-24)32(17-15-23(33)34)16-14-18-6-2-1-3-7-18/h1-13H,14-17H2,(H,33,34). The Kier molecular flexibility index (Phi) is 6.77. The molecule has 0 saturated heterocycles. The largest absolute Gasteiger partial charge is 0.481 e. The van der Waals surface area contributed by atoms with Crippen LogP contribution in [0.25, 0.3) is 22.3 Å². The third kappa shape index (κ3) is 5.51. The van der Waals surface area contributed by atoms with E-state index < -0.39 is 17.7 Å². The van der Waals surface area contributed by atoms with Crippen LogP contribution in [0.15, 0.2) is 78.9 Å². The Bertz CT molecular complexity index is 1280. The third-order valence-electron chi connectivity index (χ3n) is 5.46. The van der Waals surface area contributed by atoms with E-state index in [4.69, 9.17) is 4.98 Å². The molecule has 1 aromatic heterocycles. The maximum atomic E-state index is 13.0. The number of hydrogen-bond acceptors (Lipinski definition) is 4. The summed E-state index contributed by atoms with van der Waals surface area (Å²) in [4.78, 5) is 22.5. The van der Waals surface area contributed by atoms with Gasteiger partial charge in [0.1, 0.15) is 5.82 Å². The number of aromatic nitrogens is 2. The van der Waals surface area contributed by atoms with Crippen LogP contribution in [-0.4, -0.2) is 34.1 Å². The second-order valence-corrected chi connectivity index (χ2v) is 7.83. The molecule has 8 heteroatoms. The van der Waals surface area contributed by atoms with Gasteiger partial charge in [-0.15, -0.1) is 0 Å². The Morgan fingerprint density at radius 1 is 0.853 bits per heavy atom. The fourth-order valence-electron chi connectivity index (χ4n) is 3.70. The van der Waals surface area contributed by atoms with Gasteiger partial charge in [-0.2, -0.15) is 13.2 Å². The van der Waals surface area contributed by atoms with Gasteiger partial charge in [-0.25, -0.2) is 9.97 Å². The van der Waals surface area contributed by atoms with Gasteiger partial charge in [0.2, 0.25) is 0 Å². The number of carbonyl (C=O) groups is 1. The first-order valence-corrected chi connectivity index (χ1v) is 10.8. The quantitative estimate of drug-likeness (QED) is 0.354. The first kappa shape index (κ1) is 23.2. The summed E-state index contributed by atoms with van der Waals surface area (Å²) in [5.41, 5.74) is 1.43. The van der Waals surface area contributed by atoms with Gasteiger partial charge in [-0.05, 0) is 36.2 Å². The number of fused-ring (bicyclic) bond motifs is 1. The molecule has 0 unspecified atom stereocenters. The molecule has 0 aliphatic heterocycles. The van der Waals surface area contributed by atoms with Crippen molar-refractivity contribution in [3.8, 4) is 11.4 Å². The van der Waals surface area contributed by atoms with Crippen LogP contribution in [0.1, 0.15) is 17.5 Å². The molecule has 0 amide bonds. The molecule has 0 aliphatic carbocycles. The summed E-state index contributed by atoms with van der Waals surface area (Å²) in [6, 6.07) is 21.9. The highest BCUT2D eigenvalue weighted by Gasteiger charge is 2.30. The summed E-state index contributed by atoms with van der Waals surface area (Å²) in [6.45, 7) is 0.750. The lowest BCUT2D eigenvalue weighted by Crippen LogP contribution is -2.29. The maximum absolute atomic E-state index is 13.0. The van der Waals surface area contributed by atoms with Crippen molar-refractivity contribution in [3.63, 3.8) is 0 Å². The predicted molar refractivity (Wildman–Crippen MR) is 125 cm³/mol. The molecule has 0 spiro atoms. The molecule has 0 bridgehead atoms. The van der Waals surface area contributed by atoms with Gasteiger partial charge < -0.3 is 10.0 Å². The zero-order valence-electron chi connectivity index (χ0n) is 18.2. The van der Waals surface area contributed by atoms with Gasteiger partial charge in [0.15, 0.2) is 5.82 Å². The minimum atomic E-state index is -4.43. The van der Waals surface area contributed by atoms with Crippen LogP contribution in [0.5, 0.6) is 0 Å².